The summed E-state index contributed by atoms with van der Waals surface area (Å²) in [6.45, 7) is 5.11. The van der Waals surface area contributed by atoms with E-state index in [-0.39, 0.29) is 0 Å². The Balaban J connectivity index is 2.73. The van der Waals surface area contributed by atoms with Crippen LogP contribution in [0, 0.1) is 6.92 Å². The lowest BCUT2D eigenvalue weighted by Crippen LogP contribution is -2.02. The van der Waals surface area contributed by atoms with Crippen LogP contribution in [0.1, 0.15) is 36.8 Å². The van der Waals surface area contributed by atoms with Crippen LogP contribution in [0.3, 0.4) is 0 Å². The molecule has 0 bridgehead atoms. The molecule has 0 aliphatic heterocycles. The van der Waals surface area contributed by atoms with Gasteiger partial charge in [-0.25, -0.2) is 0 Å². The first kappa shape index (κ1) is 12.1. The Morgan fingerprint density at radius 1 is 1.40 bits per heavy atom. The van der Waals surface area contributed by atoms with Crippen LogP contribution in [0.25, 0.3) is 0 Å². The molecule has 2 N–H and O–H groups in total. The summed E-state index contributed by atoms with van der Waals surface area (Å²) in [6.07, 6.45) is 2.24. The molecule has 0 aromatic heterocycles. The third-order valence-corrected chi connectivity index (χ3v) is 2.83. The van der Waals surface area contributed by atoms with Crippen LogP contribution < -0.4 is 10.5 Å². The number of rotatable bonds is 5. The topological polar surface area (TPSA) is 35.2 Å². The maximum absolute atomic E-state index is 5.51. The van der Waals surface area contributed by atoms with Gasteiger partial charge in [-0.15, -0.1) is 0 Å². The van der Waals surface area contributed by atoms with Crippen molar-refractivity contribution in [3.05, 3.63) is 29.3 Å². The third kappa shape index (κ3) is 3.24. The molecule has 2 heteroatoms. The van der Waals surface area contributed by atoms with E-state index < -0.39 is 0 Å². The van der Waals surface area contributed by atoms with Gasteiger partial charge in [0.15, 0.2) is 0 Å². The number of hydrogen-bond donors (Lipinski definition) is 1. The van der Waals surface area contributed by atoms with Gasteiger partial charge in [-0.1, -0.05) is 19.1 Å². The molecule has 2 nitrogen and oxygen atoms in total. The molecule has 1 rings (SSSR count). The molecule has 1 unspecified atom stereocenters. The first-order valence-electron chi connectivity index (χ1n) is 5.53. The molecule has 0 aliphatic carbocycles. The molecule has 1 atom stereocenters. The Kier molecular flexibility index (Phi) is 4.63. The molecule has 0 amide bonds. The minimum Gasteiger partial charge on any atom is -0.496 e. The Hall–Kier alpha value is -1.02. The average Bonchev–Trinajstić information content (AvgIpc) is 2.25. The highest BCUT2D eigenvalue weighted by Gasteiger charge is 2.06. The Bertz CT molecular complexity index is 309. The van der Waals surface area contributed by atoms with Gasteiger partial charge in [0.25, 0.3) is 0 Å². The normalized spacial score (nSPS) is 12.5. The van der Waals surface area contributed by atoms with E-state index in [4.69, 9.17) is 10.5 Å². The van der Waals surface area contributed by atoms with Crippen molar-refractivity contribution in [1.29, 1.82) is 0 Å². The van der Waals surface area contributed by atoms with Crippen molar-refractivity contribution in [2.45, 2.75) is 32.6 Å². The summed E-state index contributed by atoms with van der Waals surface area (Å²) in [7, 11) is 1.71. The Labute approximate surface area is 92.4 Å². The molecule has 0 spiro atoms. The van der Waals surface area contributed by atoms with E-state index >= 15 is 0 Å². The molecule has 0 radical (unpaired) electrons. The molecule has 0 heterocycles. The first-order chi connectivity index (χ1) is 7.19. The van der Waals surface area contributed by atoms with Crippen molar-refractivity contribution in [3.8, 4) is 5.75 Å². The van der Waals surface area contributed by atoms with Gasteiger partial charge >= 0.3 is 0 Å². The number of nitrogens with two attached hydrogens (primary N) is 1. The number of ether oxygens (including phenoxy) is 1. The fourth-order valence-electron chi connectivity index (χ4n) is 1.80. The summed E-state index contributed by atoms with van der Waals surface area (Å²) in [5.74, 6) is 1.54. The molecule has 0 aliphatic rings. The number of methoxy groups -OCH3 is 1. The van der Waals surface area contributed by atoms with E-state index in [0.717, 1.165) is 25.1 Å². The zero-order valence-electron chi connectivity index (χ0n) is 9.92. The van der Waals surface area contributed by atoms with Gasteiger partial charge in [-0.05, 0) is 49.4 Å². The molecule has 15 heavy (non-hydrogen) atoms. The van der Waals surface area contributed by atoms with Gasteiger partial charge in [0.2, 0.25) is 0 Å². The van der Waals surface area contributed by atoms with Gasteiger partial charge in [0, 0.05) is 0 Å². The number of aryl methyl sites for hydroxylation is 1. The summed E-state index contributed by atoms with van der Waals surface area (Å²) >= 11 is 0. The summed E-state index contributed by atoms with van der Waals surface area (Å²) in [5, 5.41) is 0. The van der Waals surface area contributed by atoms with Crippen molar-refractivity contribution in [3.63, 3.8) is 0 Å². The van der Waals surface area contributed by atoms with Crippen LogP contribution in [0.5, 0.6) is 5.75 Å². The van der Waals surface area contributed by atoms with Crippen LogP contribution in [0.15, 0.2) is 18.2 Å². The van der Waals surface area contributed by atoms with Gasteiger partial charge in [-0.2, -0.15) is 0 Å². The molecule has 0 saturated carbocycles. The van der Waals surface area contributed by atoms with Crippen LogP contribution >= 0.6 is 0 Å². The zero-order valence-corrected chi connectivity index (χ0v) is 9.92. The highest BCUT2D eigenvalue weighted by atomic mass is 16.5. The molecular weight excluding hydrogens is 186 g/mol. The van der Waals surface area contributed by atoms with Crippen LogP contribution in [0.2, 0.25) is 0 Å². The SMILES string of the molecule is COc1ccc(C(C)CCCN)cc1C. The monoisotopic (exact) mass is 207 g/mol. The standard InChI is InChI=1S/C13H21NO/c1-10(5-4-8-14)12-6-7-13(15-3)11(2)9-12/h6-7,9-10H,4-5,8,14H2,1-3H3. The minimum absolute atomic E-state index is 0.582. The van der Waals surface area contributed by atoms with Crippen LogP contribution in [0.4, 0.5) is 0 Å². The second-order valence-corrected chi connectivity index (χ2v) is 4.06. The predicted octanol–water partition coefficient (Wildman–Crippen LogP) is 2.85. The zero-order chi connectivity index (χ0) is 11.3. The lowest BCUT2D eigenvalue weighted by molar-refractivity contribution is 0.411. The predicted molar refractivity (Wildman–Crippen MR) is 64.4 cm³/mol. The van der Waals surface area contributed by atoms with E-state index in [0.29, 0.717) is 5.92 Å². The van der Waals surface area contributed by atoms with Crippen molar-refractivity contribution >= 4 is 0 Å². The van der Waals surface area contributed by atoms with Gasteiger partial charge in [-0.3, -0.25) is 0 Å². The lowest BCUT2D eigenvalue weighted by Gasteiger charge is -2.13. The first-order valence-corrected chi connectivity index (χ1v) is 5.53. The second kappa shape index (κ2) is 5.76. The summed E-state index contributed by atoms with van der Waals surface area (Å²) in [5.41, 5.74) is 8.09. The van der Waals surface area contributed by atoms with E-state index in [2.05, 4.69) is 26.0 Å². The molecule has 1 aromatic carbocycles. The van der Waals surface area contributed by atoms with Gasteiger partial charge in [0.05, 0.1) is 7.11 Å². The van der Waals surface area contributed by atoms with E-state index in [1.807, 2.05) is 6.07 Å². The number of benzene rings is 1. The second-order valence-electron chi connectivity index (χ2n) is 4.06. The fourth-order valence-corrected chi connectivity index (χ4v) is 1.80. The quantitative estimate of drug-likeness (QED) is 0.805. The van der Waals surface area contributed by atoms with Gasteiger partial charge < -0.3 is 10.5 Å². The maximum Gasteiger partial charge on any atom is 0.121 e. The van der Waals surface area contributed by atoms with Crippen molar-refractivity contribution in [2.24, 2.45) is 5.73 Å². The fraction of sp³-hybridized carbons (Fsp3) is 0.538. The Morgan fingerprint density at radius 3 is 2.67 bits per heavy atom. The average molecular weight is 207 g/mol. The molecular formula is C13H21NO. The number of hydrogen-bond acceptors (Lipinski definition) is 2. The van der Waals surface area contributed by atoms with E-state index in [1.165, 1.54) is 11.1 Å². The van der Waals surface area contributed by atoms with Gasteiger partial charge in [0.1, 0.15) is 5.75 Å². The van der Waals surface area contributed by atoms with Crippen LogP contribution in [-0.4, -0.2) is 13.7 Å². The largest absolute Gasteiger partial charge is 0.496 e. The van der Waals surface area contributed by atoms with Crippen molar-refractivity contribution in [2.75, 3.05) is 13.7 Å². The molecule has 1 aromatic rings. The van der Waals surface area contributed by atoms with E-state index in [1.54, 1.807) is 7.11 Å². The minimum atomic E-state index is 0.582. The smallest absolute Gasteiger partial charge is 0.121 e. The van der Waals surface area contributed by atoms with E-state index in [9.17, 15) is 0 Å². The highest BCUT2D eigenvalue weighted by molar-refractivity contribution is 5.37. The summed E-state index contributed by atoms with van der Waals surface area (Å²) in [6, 6.07) is 6.40. The molecule has 0 saturated heterocycles. The molecule has 0 fully saturated rings. The molecule has 84 valence electrons. The van der Waals surface area contributed by atoms with Crippen LogP contribution in [-0.2, 0) is 0 Å². The Morgan fingerprint density at radius 2 is 2.13 bits per heavy atom. The summed E-state index contributed by atoms with van der Waals surface area (Å²) < 4.78 is 5.24. The third-order valence-electron chi connectivity index (χ3n) is 2.83. The maximum atomic E-state index is 5.51. The van der Waals surface area contributed by atoms with Crippen molar-refractivity contribution in [1.82, 2.24) is 0 Å². The highest BCUT2D eigenvalue weighted by Crippen LogP contribution is 2.25. The van der Waals surface area contributed by atoms with Crippen molar-refractivity contribution < 1.29 is 4.74 Å². The summed E-state index contributed by atoms with van der Waals surface area (Å²) in [4.78, 5) is 0. The lowest BCUT2D eigenvalue weighted by atomic mass is 9.95.